The average Bonchev–Trinajstić information content (AvgIpc) is 2.71. The molecule has 5 nitrogen and oxygen atoms in total. The van der Waals surface area contributed by atoms with Gasteiger partial charge in [-0.15, -0.1) is 0 Å². The zero-order valence-electron chi connectivity index (χ0n) is 12.6. The van der Waals surface area contributed by atoms with Gasteiger partial charge in [0.05, 0.1) is 5.92 Å². The van der Waals surface area contributed by atoms with Crippen LogP contribution in [0.4, 0.5) is 4.79 Å². The van der Waals surface area contributed by atoms with Crippen molar-refractivity contribution in [1.29, 1.82) is 0 Å². The van der Waals surface area contributed by atoms with Crippen LogP contribution in [0, 0.1) is 11.3 Å². The standard InChI is InChI=1S/C15H25NO4/c1-14(2,3)20-13(19)16-8-7-15(10-16)6-4-5-11(9-15)12(17)18/h11H,4-10H2,1-3H3,(H,17,18)/t11-,15-/m0/s1. The molecule has 0 aromatic carbocycles. The Labute approximate surface area is 120 Å². The Kier molecular flexibility index (Phi) is 3.98. The summed E-state index contributed by atoms with van der Waals surface area (Å²) < 4.78 is 5.40. The summed E-state index contributed by atoms with van der Waals surface area (Å²) in [6.07, 6.45) is 4.06. The molecule has 0 radical (unpaired) electrons. The predicted molar refractivity (Wildman–Crippen MR) is 74.5 cm³/mol. The Morgan fingerprint density at radius 1 is 1.30 bits per heavy atom. The van der Waals surface area contributed by atoms with Crippen molar-refractivity contribution in [3.8, 4) is 0 Å². The Balaban J connectivity index is 1.97. The molecule has 1 saturated carbocycles. The van der Waals surface area contributed by atoms with E-state index < -0.39 is 11.6 Å². The van der Waals surface area contributed by atoms with Crippen molar-refractivity contribution in [1.82, 2.24) is 4.90 Å². The lowest BCUT2D eigenvalue weighted by atomic mass is 9.69. The van der Waals surface area contributed by atoms with Gasteiger partial charge in [0.15, 0.2) is 0 Å². The highest BCUT2D eigenvalue weighted by Crippen LogP contribution is 2.46. The van der Waals surface area contributed by atoms with Crippen LogP contribution in [0.3, 0.4) is 0 Å². The van der Waals surface area contributed by atoms with Gasteiger partial charge in [-0.1, -0.05) is 6.42 Å². The smallest absolute Gasteiger partial charge is 0.410 e. The third kappa shape index (κ3) is 3.44. The molecule has 114 valence electrons. The second-order valence-electron chi connectivity index (χ2n) is 7.28. The highest BCUT2D eigenvalue weighted by Gasteiger charge is 2.45. The van der Waals surface area contributed by atoms with Gasteiger partial charge in [-0.05, 0) is 51.9 Å². The molecule has 0 aromatic rings. The minimum Gasteiger partial charge on any atom is -0.481 e. The first kappa shape index (κ1) is 15.1. The van der Waals surface area contributed by atoms with Crippen LogP contribution in [-0.4, -0.2) is 40.8 Å². The minimum atomic E-state index is -0.695. The fraction of sp³-hybridized carbons (Fsp3) is 0.867. The first-order valence-corrected chi connectivity index (χ1v) is 7.42. The monoisotopic (exact) mass is 283 g/mol. The van der Waals surface area contributed by atoms with Gasteiger partial charge in [0.2, 0.25) is 0 Å². The van der Waals surface area contributed by atoms with E-state index in [1.807, 2.05) is 20.8 Å². The zero-order chi connectivity index (χ0) is 15.0. The van der Waals surface area contributed by atoms with Gasteiger partial charge in [-0.2, -0.15) is 0 Å². The molecular formula is C15H25NO4. The van der Waals surface area contributed by atoms with E-state index in [4.69, 9.17) is 4.74 Å². The number of hydrogen-bond donors (Lipinski definition) is 1. The van der Waals surface area contributed by atoms with Crippen LogP contribution in [0.2, 0.25) is 0 Å². The Hall–Kier alpha value is -1.26. The van der Waals surface area contributed by atoms with E-state index in [1.165, 1.54) is 0 Å². The van der Waals surface area contributed by atoms with Crippen LogP contribution in [0.25, 0.3) is 0 Å². The molecule has 2 rings (SSSR count). The van der Waals surface area contributed by atoms with Gasteiger partial charge in [0, 0.05) is 13.1 Å². The maximum Gasteiger partial charge on any atom is 0.410 e. The van der Waals surface area contributed by atoms with Crippen molar-refractivity contribution >= 4 is 12.1 Å². The Morgan fingerprint density at radius 3 is 2.60 bits per heavy atom. The number of hydrogen-bond acceptors (Lipinski definition) is 3. The molecule has 1 heterocycles. The highest BCUT2D eigenvalue weighted by atomic mass is 16.6. The summed E-state index contributed by atoms with van der Waals surface area (Å²) in [4.78, 5) is 25.0. The number of carbonyl (C=O) groups excluding carboxylic acids is 1. The number of nitrogens with zero attached hydrogens (tertiary/aromatic N) is 1. The number of likely N-dealkylation sites (tertiary alicyclic amines) is 1. The predicted octanol–water partition coefficient (Wildman–Crippen LogP) is 2.89. The maximum atomic E-state index is 12.1. The van der Waals surface area contributed by atoms with E-state index in [9.17, 15) is 14.7 Å². The molecule has 1 N–H and O–H groups in total. The molecule has 1 saturated heterocycles. The van der Waals surface area contributed by atoms with Crippen molar-refractivity contribution in [3.05, 3.63) is 0 Å². The van der Waals surface area contributed by atoms with Gasteiger partial charge in [-0.3, -0.25) is 4.79 Å². The molecule has 2 atom stereocenters. The zero-order valence-corrected chi connectivity index (χ0v) is 12.6. The molecule has 2 aliphatic rings. The lowest BCUT2D eigenvalue weighted by Crippen LogP contribution is -2.39. The molecule has 0 bridgehead atoms. The fourth-order valence-electron chi connectivity index (χ4n) is 3.45. The number of aliphatic carboxylic acids is 1. The van der Waals surface area contributed by atoms with Gasteiger partial charge in [-0.25, -0.2) is 4.79 Å². The topological polar surface area (TPSA) is 66.8 Å². The number of amides is 1. The lowest BCUT2D eigenvalue weighted by Gasteiger charge is -2.36. The molecule has 1 amide bonds. The van der Waals surface area contributed by atoms with Crippen LogP contribution in [-0.2, 0) is 9.53 Å². The van der Waals surface area contributed by atoms with E-state index in [1.54, 1.807) is 4.90 Å². The molecule has 2 fully saturated rings. The Bertz CT molecular complexity index is 401. The summed E-state index contributed by atoms with van der Waals surface area (Å²) in [5.74, 6) is -0.942. The van der Waals surface area contributed by atoms with Crippen LogP contribution in [0.1, 0.15) is 52.9 Å². The average molecular weight is 283 g/mol. The molecular weight excluding hydrogens is 258 g/mol. The summed E-state index contributed by atoms with van der Waals surface area (Å²) in [6.45, 7) is 6.90. The largest absolute Gasteiger partial charge is 0.481 e. The van der Waals surface area contributed by atoms with Crippen molar-refractivity contribution in [3.63, 3.8) is 0 Å². The number of carbonyl (C=O) groups is 2. The van der Waals surface area contributed by atoms with E-state index >= 15 is 0 Å². The van der Waals surface area contributed by atoms with E-state index in [0.29, 0.717) is 19.5 Å². The van der Waals surface area contributed by atoms with E-state index in [-0.39, 0.29) is 17.4 Å². The van der Waals surface area contributed by atoms with Crippen molar-refractivity contribution < 1.29 is 19.4 Å². The van der Waals surface area contributed by atoms with Crippen molar-refractivity contribution in [2.45, 2.75) is 58.5 Å². The highest BCUT2D eigenvalue weighted by molar-refractivity contribution is 5.70. The first-order chi connectivity index (χ1) is 9.21. The molecule has 1 spiro atoms. The fourth-order valence-corrected chi connectivity index (χ4v) is 3.45. The second-order valence-corrected chi connectivity index (χ2v) is 7.28. The van der Waals surface area contributed by atoms with Gasteiger partial charge >= 0.3 is 12.1 Å². The maximum absolute atomic E-state index is 12.1. The SMILES string of the molecule is CC(C)(C)OC(=O)N1CC[C@]2(CCC[C@H](C(=O)O)C2)C1. The third-order valence-electron chi connectivity index (χ3n) is 4.38. The van der Waals surface area contributed by atoms with Crippen LogP contribution < -0.4 is 0 Å². The third-order valence-corrected chi connectivity index (χ3v) is 4.38. The molecule has 5 heteroatoms. The van der Waals surface area contributed by atoms with Crippen molar-refractivity contribution in [2.24, 2.45) is 11.3 Å². The lowest BCUT2D eigenvalue weighted by molar-refractivity contribution is -0.144. The summed E-state index contributed by atoms with van der Waals surface area (Å²) in [7, 11) is 0. The minimum absolute atomic E-state index is 0.00177. The summed E-state index contributed by atoms with van der Waals surface area (Å²) in [6, 6.07) is 0. The molecule has 1 aliphatic heterocycles. The number of ether oxygens (including phenoxy) is 1. The van der Waals surface area contributed by atoms with Gasteiger partial charge in [0.1, 0.15) is 5.60 Å². The van der Waals surface area contributed by atoms with Crippen LogP contribution >= 0.6 is 0 Å². The second kappa shape index (κ2) is 5.26. The van der Waals surface area contributed by atoms with Crippen LogP contribution in [0.5, 0.6) is 0 Å². The Morgan fingerprint density at radius 2 is 2.00 bits per heavy atom. The van der Waals surface area contributed by atoms with Crippen molar-refractivity contribution in [2.75, 3.05) is 13.1 Å². The number of rotatable bonds is 1. The summed E-state index contributed by atoms with van der Waals surface area (Å²) >= 11 is 0. The van der Waals surface area contributed by atoms with E-state index in [0.717, 1.165) is 25.7 Å². The van der Waals surface area contributed by atoms with Gasteiger partial charge < -0.3 is 14.7 Å². The molecule has 0 aromatic heterocycles. The summed E-state index contributed by atoms with van der Waals surface area (Å²) in [5, 5.41) is 9.20. The summed E-state index contributed by atoms with van der Waals surface area (Å²) in [5.41, 5.74) is -0.485. The number of carboxylic acid groups (broad SMARTS) is 1. The van der Waals surface area contributed by atoms with Gasteiger partial charge in [0.25, 0.3) is 0 Å². The first-order valence-electron chi connectivity index (χ1n) is 7.42. The van der Waals surface area contributed by atoms with E-state index in [2.05, 4.69) is 0 Å². The molecule has 0 unspecified atom stereocenters. The number of carboxylic acids is 1. The quantitative estimate of drug-likeness (QED) is 0.803. The normalized spacial score (nSPS) is 30.6. The molecule has 1 aliphatic carbocycles. The van der Waals surface area contributed by atoms with Crippen LogP contribution in [0.15, 0.2) is 0 Å². The molecule has 20 heavy (non-hydrogen) atoms.